The predicted octanol–water partition coefficient (Wildman–Crippen LogP) is -8.13. The predicted molar refractivity (Wildman–Crippen MR) is 12.9 cm³/mol. The Hall–Kier alpha value is 5.04. The molecule has 0 bridgehead atoms. The van der Waals surface area contributed by atoms with Crippen molar-refractivity contribution in [2.75, 3.05) is 0 Å². The molecule has 0 aliphatic carbocycles. The topological polar surface area (TPSA) is 172 Å². The molecule has 100 valence electrons. The van der Waals surface area contributed by atoms with Crippen LogP contribution < -0.4 is 24.6 Å². The fourth-order valence-corrected chi connectivity index (χ4v) is 0. The van der Waals surface area contributed by atoms with Gasteiger partial charge in [-0.1, -0.05) is 0 Å². The van der Waals surface area contributed by atoms with Gasteiger partial charge in [-0.15, -0.1) is 0 Å². The molecule has 0 amide bonds. The van der Waals surface area contributed by atoms with E-state index in [1.165, 1.54) is 0 Å². The van der Waals surface area contributed by atoms with Gasteiger partial charge in [0.05, 0.1) is 0 Å². The van der Waals surface area contributed by atoms with Crippen molar-refractivity contribution in [2.24, 2.45) is 0 Å². The molecule has 13 heavy (non-hydrogen) atoms. The fourth-order valence-electron chi connectivity index (χ4n) is 0. The largest absolute Gasteiger partial charge is 2.00 e. The van der Waals surface area contributed by atoms with E-state index < -0.39 is 29.0 Å². The van der Waals surface area contributed by atoms with Crippen LogP contribution in [0.3, 0.4) is 0 Å². The monoisotopic (exact) mass is 800 g/mol. The van der Waals surface area contributed by atoms with Gasteiger partial charge in [0.1, 0.15) is 0 Å². The maximum atomic E-state index is 8.61. The fraction of sp³-hybridized carbons (Fsp3) is 0. The maximum Gasteiger partial charge on any atom is 2.00 e. The Kier molecular flexibility index (Phi) is 35.8. The van der Waals surface area contributed by atoms with Crippen molar-refractivity contribution in [3.8, 4) is 0 Å². The molecular weight excluding hydrogens is 797 g/mol. The van der Waals surface area contributed by atoms with Gasteiger partial charge in [0, 0.05) is 0 Å². The summed E-state index contributed by atoms with van der Waals surface area (Å²) in [6.45, 7) is 0. The molecule has 0 saturated carbocycles. The van der Waals surface area contributed by atoms with Gasteiger partial charge in [-0.05, 0) is 0 Å². The minimum Gasteiger partial charge on any atom is 2.00 e. The Morgan fingerprint density at radius 2 is 0.538 bits per heavy atom. The van der Waals surface area contributed by atoms with E-state index in [2.05, 4.69) is 0 Å². The van der Waals surface area contributed by atoms with Crippen LogP contribution in [0.15, 0.2) is 0 Å². The van der Waals surface area contributed by atoms with Crippen LogP contribution in [-0.2, 0) is 7.48 Å². The first-order chi connectivity index (χ1) is 4.00. The van der Waals surface area contributed by atoms with Gasteiger partial charge in [0.2, 0.25) is 0 Å². The summed E-state index contributed by atoms with van der Waals surface area (Å²) in [5.41, 5.74) is 0. The molecule has 0 radical (unpaired) electrons. The molecule has 0 aromatic heterocycles. The third-order valence-electron chi connectivity index (χ3n) is 0. The zero-order chi connectivity index (χ0) is 9.00. The van der Waals surface area contributed by atoms with Crippen LogP contribution in [0, 0.1) is 141 Å². The SMILES string of the molecule is O=[As]([O-])([O-])[O-].O=[As]([O-])([O-])[O-].[Yb+2].[Yb+2].[Yb+2]. The molecular formula is As2O8Yb3. The number of hydrogen-bond donors (Lipinski definition) is 0. The summed E-state index contributed by atoms with van der Waals surface area (Å²) >= 11 is -11.8. The van der Waals surface area contributed by atoms with Gasteiger partial charge in [0.25, 0.3) is 0 Å². The van der Waals surface area contributed by atoms with E-state index in [-0.39, 0.29) is 141 Å². The summed E-state index contributed by atoms with van der Waals surface area (Å²) in [6, 6.07) is 0. The second-order valence-electron chi connectivity index (χ2n) is 0.894. The molecule has 0 unspecified atom stereocenters. The summed E-state index contributed by atoms with van der Waals surface area (Å²) in [7, 11) is 0. The van der Waals surface area contributed by atoms with Crippen molar-refractivity contribution in [3.05, 3.63) is 0 Å². The summed E-state index contributed by atoms with van der Waals surface area (Å²) in [4.78, 5) is 0. The first-order valence-electron chi connectivity index (χ1n) is 1.46. The Bertz CT molecular complexity index is 130. The molecule has 0 aliphatic rings. The zero-order valence-electron chi connectivity index (χ0n) is 4.96. The average molecular weight is 797 g/mol. The first kappa shape index (κ1) is 30.8. The Morgan fingerprint density at radius 1 is 0.538 bits per heavy atom. The summed E-state index contributed by atoms with van der Waals surface area (Å²) in [5.74, 6) is 0. The average Bonchev–Trinajstić information content (AvgIpc) is 1.12. The third-order valence-corrected chi connectivity index (χ3v) is 0. The molecule has 0 aromatic carbocycles. The molecule has 0 saturated heterocycles. The van der Waals surface area contributed by atoms with Crippen molar-refractivity contribution in [2.45, 2.75) is 0 Å². The summed E-state index contributed by atoms with van der Waals surface area (Å²) in [6.07, 6.45) is 0. The van der Waals surface area contributed by atoms with Gasteiger partial charge in [-0.25, -0.2) is 0 Å². The first-order valence-corrected chi connectivity index (χ1v) is 7.59. The van der Waals surface area contributed by atoms with Crippen LogP contribution in [-0.4, -0.2) is 29.0 Å². The summed E-state index contributed by atoms with van der Waals surface area (Å²) in [5, 5.41) is 0. The van der Waals surface area contributed by atoms with Gasteiger partial charge >= 0.3 is 202 Å². The van der Waals surface area contributed by atoms with Gasteiger partial charge < -0.3 is 0 Å². The molecule has 0 aromatic rings. The van der Waals surface area contributed by atoms with E-state index in [0.717, 1.165) is 0 Å². The van der Waals surface area contributed by atoms with E-state index in [1.807, 2.05) is 0 Å². The molecule has 0 aliphatic heterocycles. The normalized spacial score (nSPS) is 9.08. The molecule has 0 heterocycles. The summed E-state index contributed by atoms with van der Waals surface area (Å²) < 4.78 is 68.9. The number of rotatable bonds is 0. The molecule has 0 rings (SSSR count). The van der Waals surface area contributed by atoms with Gasteiger partial charge in [0.15, 0.2) is 0 Å². The van der Waals surface area contributed by atoms with Crippen LogP contribution in [0.25, 0.3) is 0 Å². The van der Waals surface area contributed by atoms with Gasteiger partial charge in [-0.3, -0.25) is 0 Å². The standard InChI is InChI=1S/2AsH3O4.3Yb/c2*2-1(3,4)5;;;/h2*(H3,2,3,4,5);;;/q;;3*+2/p-6. The van der Waals surface area contributed by atoms with Crippen molar-refractivity contribution in [1.82, 2.24) is 0 Å². The molecule has 0 spiro atoms. The smallest absolute Gasteiger partial charge is 2.00 e. The number of hydrogen-bond acceptors (Lipinski definition) is 8. The minimum absolute atomic E-state index is 0. The van der Waals surface area contributed by atoms with Crippen molar-refractivity contribution in [3.63, 3.8) is 0 Å². The molecule has 0 fully saturated rings. The van der Waals surface area contributed by atoms with E-state index in [1.54, 1.807) is 0 Å². The van der Waals surface area contributed by atoms with E-state index in [0.29, 0.717) is 0 Å². The van der Waals surface area contributed by atoms with Crippen LogP contribution >= 0.6 is 0 Å². The zero-order valence-corrected chi connectivity index (χ0v) is 13.9. The second kappa shape index (κ2) is 15.1. The quantitative estimate of drug-likeness (QED) is 0.218. The molecule has 13 heteroatoms. The Labute approximate surface area is 196 Å². The molecule has 8 nitrogen and oxygen atoms in total. The Balaban J connectivity index is -0.0000000267. The third kappa shape index (κ3) is 152. The van der Waals surface area contributed by atoms with Gasteiger partial charge in [-0.2, -0.15) is 0 Å². The van der Waals surface area contributed by atoms with E-state index in [9.17, 15) is 0 Å². The Morgan fingerprint density at radius 3 is 0.538 bits per heavy atom. The van der Waals surface area contributed by atoms with E-state index in [4.69, 9.17) is 32.1 Å². The van der Waals surface area contributed by atoms with Crippen LogP contribution in [0.2, 0.25) is 0 Å². The van der Waals surface area contributed by atoms with Crippen molar-refractivity contribution in [1.29, 1.82) is 0 Å². The maximum absolute atomic E-state index is 8.61. The van der Waals surface area contributed by atoms with Crippen molar-refractivity contribution >= 4 is 29.0 Å². The van der Waals surface area contributed by atoms with Crippen LogP contribution in [0.4, 0.5) is 0 Å². The molecule has 0 atom stereocenters. The minimum atomic E-state index is -5.88. The van der Waals surface area contributed by atoms with Crippen LogP contribution in [0.1, 0.15) is 0 Å². The van der Waals surface area contributed by atoms with E-state index >= 15 is 0 Å². The molecule has 0 N–H and O–H groups in total. The van der Waals surface area contributed by atoms with Crippen LogP contribution in [0.5, 0.6) is 0 Å². The second-order valence-corrected chi connectivity index (χ2v) is 4.65. The van der Waals surface area contributed by atoms with Crippen molar-refractivity contribution < 1.29 is 173 Å².